The Morgan fingerprint density at radius 2 is 1.66 bits per heavy atom. The third kappa shape index (κ3) is 9.15. The van der Waals surface area contributed by atoms with Gasteiger partial charge in [-0.15, -0.1) is 0 Å². The first-order valence-electron chi connectivity index (χ1n) is 13.0. The number of nitrogens with two attached hydrogens (primary N) is 1. The Bertz CT molecular complexity index is 999. The van der Waals surface area contributed by atoms with E-state index < -0.39 is 40.7 Å². The Morgan fingerprint density at radius 3 is 2.13 bits per heavy atom. The number of primary amides is 1. The van der Waals surface area contributed by atoms with E-state index in [0.717, 1.165) is 12.0 Å². The van der Waals surface area contributed by atoms with Crippen LogP contribution < -0.4 is 16.4 Å². The van der Waals surface area contributed by atoms with Crippen LogP contribution >= 0.6 is 0 Å². The van der Waals surface area contributed by atoms with Gasteiger partial charge in [-0.25, -0.2) is 4.79 Å². The van der Waals surface area contributed by atoms with Gasteiger partial charge in [0.25, 0.3) is 0 Å². The van der Waals surface area contributed by atoms with E-state index in [9.17, 15) is 24.0 Å². The van der Waals surface area contributed by atoms with Crippen LogP contribution in [0.15, 0.2) is 30.3 Å². The summed E-state index contributed by atoms with van der Waals surface area (Å²) in [6, 6.07) is 7.84. The molecule has 0 saturated heterocycles. The molecule has 4 N–H and O–H groups in total. The van der Waals surface area contributed by atoms with Gasteiger partial charge >= 0.3 is 6.03 Å². The molecule has 1 aliphatic carbocycles. The van der Waals surface area contributed by atoms with Gasteiger partial charge in [0, 0.05) is 24.5 Å². The van der Waals surface area contributed by atoms with Gasteiger partial charge in [0.15, 0.2) is 0 Å². The maximum atomic E-state index is 13.9. The molecule has 2 unspecified atom stereocenters. The Balaban J connectivity index is 2.30. The van der Waals surface area contributed by atoms with Crippen molar-refractivity contribution in [2.45, 2.75) is 72.5 Å². The lowest BCUT2D eigenvalue weighted by molar-refractivity contribution is -0.145. The summed E-state index contributed by atoms with van der Waals surface area (Å²) in [5.41, 5.74) is 5.12. The molecule has 5 amide bonds. The lowest BCUT2D eigenvalue weighted by Crippen LogP contribution is -2.59. The highest BCUT2D eigenvalue weighted by molar-refractivity contribution is 5.91. The zero-order valence-corrected chi connectivity index (χ0v) is 23.5. The summed E-state index contributed by atoms with van der Waals surface area (Å²) in [7, 11) is 0. The number of nitrogens with zero attached hydrogens (tertiary/aromatic N) is 2. The van der Waals surface area contributed by atoms with Crippen molar-refractivity contribution in [3.63, 3.8) is 0 Å². The van der Waals surface area contributed by atoms with E-state index in [1.807, 2.05) is 71.9 Å². The fraction of sp³-hybridized carbons (Fsp3) is 0.607. The molecule has 0 aliphatic heterocycles. The van der Waals surface area contributed by atoms with Crippen LogP contribution in [0, 0.1) is 17.3 Å². The van der Waals surface area contributed by atoms with Crippen LogP contribution in [0.2, 0.25) is 0 Å². The molecule has 210 valence electrons. The van der Waals surface area contributed by atoms with Crippen molar-refractivity contribution in [2.24, 2.45) is 23.0 Å². The van der Waals surface area contributed by atoms with Gasteiger partial charge in [-0.1, -0.05) is 51.1 Å². The highest BCUT2D eigenvalue weighted by Crippen LogP contribution is 2.34. The molecule has 0 heterocycles. The Morgan fingerprint density at radius 1 is 1.03 bits per heavy atom. The number of rotatable bonds is 11. The highest BCUT2D eigenvalue weighted by atomic mass is 16.2. The standard InChI is InChI=1S/C28H43N5O5/c1-27(2,3)23(30-26(38)31-28(4,5)6)25(37)33(16-19-10-8-7-9-11-19)18-22(35)32(14-15-34)17-20-12-13-21(20)24(29)36/h7-11,15,20-21,23H,12-14,16-18H2,1-6H3,(H2,29,36)(H2,30,31,38)/t20?,21?,23-/m1/s1. The topological polar surface area (TPSA) is 142 Å². The lowest BCUT2D eigenvalue weighted by Gasteiger charge is -2.39. The van der Waals surface area contributed by atoms with Crippen LogP contribution in [0.25, 0.3) is 0 Å². The van der Waals surface area contributed by atoms with Gasteiger partial charge in [0.2, 0.25) is 17.7 Å². The molecule has 0 radical (unpaired) electrons. The number of nitrogens with one attached hydrogen (secondary N) is 2. The number of amides is 5. The predicted octanol–water partition coefficient (Wildman–Crippen LogP) is 2.07. The molecule has 0 spiro atoms. The Labute approximate surface area is 225 Å². The summed E-state index contributed by atoms with van der Waals surface area (Å²) in [5.74, 6) is -1.67. The molecule has 2 rings (SSSR count). The van der Waals surface area contributed by atoms with Crippen LogP contribution in [0.3, 0.4) is 0 Å². The van der Waals surface area contributed by atoms with Gasteiger partial charge in [0.1, 0.15) is 18.9 Å². The predicted molar refractivity (Wildman–Crippen MR) is 145 cm³/mol. The molecule has 1 fully saturated rings. The average Bonchev–Trinajstić information content (AvgIpc) is 2.76. The molecule has 0 aromatic heterocycles. The quantitative estimate of drug-likeness (QED) is 0.376. The number of aldehydes is 1. The molecule has 10 nitrogen and oxygen atoms in total. The minimum Gasteiger partial charge on any atom is -0.369 e. The van der Waals surface area contributed by atoms with Crippen molar-refractivity contribution >= 4 is 30.0 Å². The number of carbonyl (C=O) groups is 5. The van der Waals surface area contributed by atoms with E-state index >= 15 is 0 Å². The van der Waals surface area contributed by atoms with Crippen LogP contribution in [0.4, 0.5) is 4.79 Å². The normalized spacial score (nSPS) is 17.9. The molecule has 10 heteroatoms. The minimum atomic E-state index is -0.924. The molecule has 1 aromatic carbocycles. The van der Waals surface area contributed by atoms with Gasteiger partial charge in [-0.2, -0.15) is 0 Å². The van der Waals surface area contributed by atoms with Crippen LogP contribution in [-0.4, -0.2) is 71.1 Å². The second-order valence-corrected chi connectivity index (χ2v) is 12.1. The fourth-order valence-electron chi connectivity index (χ4n) is 4.43. The van der Waals surface area contributed by atoms with Crippen LogP contribution in [-0.2, 0) is 25.7 Å². The summed E-state index contributed by atoms with van der Waals surface area (Å²) in [6.07, 6.45) is 2.04. The fourth-order valence-corrected chi connectivity index (χ4v) is 4.43. The monoisotopic (exact) mass is 529 g/mol. The number of hydrogen-bond donors (Lipinski definition) is 3. The van der Waals surface area contributed by atoms with E-state index in [0.29, 0.717) is 12.7 Å². The largest absolute Gasteiger partial charge is 0.369 e. The van der Waals surface area contributed by atoms with Crippen molar-refractivity contribution < 1.29 is 24.0 Å². The molecule has 1 aromatic rings. The van der Waals surface area contributed by atoms with E-state index in [1.165, 1.54) is 9.80 Å². The lowest BCUT2D eigenvalue weighted by atomic mass is 9.73. The molecule has 0 bridgehead atoms. The molecule has 1 saturated carbocycles. The maximum Gasteiger partial charge on any atom is 0.315 e. The third-order valence-electron chi connectivity index (χ3n) is 6.62. The molecule has 38 heavy (non-hydrogen) atoms. The third-order valence-corrected chi connectivity index (χ3v) is 6.62. The van der Waals surface area contributed by atoms with Gasteiger partial charge in [-0.3, -0.25) is 14.4 Å². The highest BCUT2D eigenvalue weighted by Gasteiger charge is 2.39. The summed E-state index contributed by atoms with van der Waals surface area (Å²) >= 11 is 0. The van der Waals surface area contributed by atoms with Gasteiger partial charge in [-0.05, 0) is 50.5 Å². The Hall–Kier alpha value is -3.43. The zero-order valence-electron chi connectivity index (χ0n) is 23.5. The van der Waals surface area contributed by atoms with Crippen molar-refractivity contribution in [1.82, 2.24) is 20.4 Å². The smallest absolute Gasteiger partial charge is 0.315 e. The van der Waals surface area contributed by atoms with Crippen molar-refractivity contribution in [2.75, 3.05) is 19.6 Å². The zero-order chi connectivity index (χ0) is 28.7. The first-order chi connectivity index (χ1) is 17.6. The minimum absolute atomic E-state index is 0.111. The summed E-state index contributed by atoms with van der Waals surface area (Å²) in [5, 5.41) is 5.62. The first-order valence-corrected chi connectivity index (χ1v) is 13.0. The summed E-state index contributed by atoms with van der Waals surface area (Å²) in [4.78, 5) is 65.9. The van der Waals surface area contributed by atoms with Gasteiger partial charge < -0.3 is 31.0 Å². The molecular formula is C28H43N5O5. The maximum absolute atomic E-state index is 13.9. The number of urea groups is 1. The van der Waals surface area contributed by atoms with E-state index in [4.69, 9.17) is 5.73 Å². The van der Waals surface area contributed by atoms with Crippen molar-refractivity contribution in [3.05, 3.63) is 35.9 Å². The SMILES string of the molecule is CC(C)(C)NC(=O)N[C@H](C(=O)N(CC(=O)N(CC=O)CC1CCC1C(N)=O)Cc1ccccc1)C(C)(C)C. The number of benzene rings is 1. The number of carbonyl (C=O) groups excluding carboxylic acids is 5. The van der Waals surface area contributed by atoms with Crippen molar-refractivity contribution in [3.8, 4) is 0 Å². The average molecular weight is 530 g/mol. The number of hydrogen-bond acceptors (Lipinski definition) is 5. The van der Waals surface area contributed by atoms with E-state index in [1.54, 1.807) is 0 Å². The first kappa shape index (κ1) is 30.8. The molecule has 3 atom stereocenters. The van der Waals surface area contributed by atoms with Crippen LogP contribution in [0.1, 0.15) is 59.9 Å². The van der Waals surface area contributed by atoms with Crippen molar-refractivity contribution in [1.29, 1.82) is 0 Å². The second-order valence-electron chi connectivity index (χ2n) is 12.1. The Kier molecular flexibility index (Phi) is 10.4. The van der Waals surface area contributed by atoms with E-state index in [-0.39, 0.29) is 38.0 Å². The van der Waals surface area contributed by atoms with Gasteiger partial charge in [0.05, 0.1) is 6.54 Å². The van der Waals surface area contributed by atoms with Crippen LogP contribution in [0.5, 0.6) is 0 Å². The molecular weight excluding hydrogens is 486 g/mol. The molecule has 1 aliphatic rings. The summed E-state index contributed by atoms with van der Waals surface area (Å²) in [6.45, 7) is 11.0. The second kappa shape index (κ2) is 12.9. The summed E-state index contributed by atoms with van der Waals surface area (Å²) < 4.78 is 0. The van der Waals surface area contributed by atoms with E-state index in [2.05, 4.69) is 10.6 Å².